The van der Waals surface area contributed by atoms with Gasteiger partial charge in [0, 0.05) is 30.7 Å². The number of anilines is 1. The maximum absolute atomic E-state index is 13.6. The second-order valence-electron chi connectivity index (χ2n) is 8.88. The normalized spacial score (nSPS) is 12.1. The molecule has 0 saturated carbocycles. The highest BCUT2D eigenvalue weighted by Gasteiger charge is 2.24. The minimum Gasteiger partial charge on any atom is -0.309 e. The lowest BCUT2D eigenvalue weighted by molar-refractivity contribution is 0.0986. The molecule has 0 aliphatic rings. The predicted molar refractivity (Wildman–Crippen MR) is 145 cm³/mol. The molecule has 0 radical (unpaired) electrons. The van der Waals surface area contributed by atoms with E-state index >= 15 is 0 Å². The lowest BCUT2D eigenvalue weighted by Gasteiger charge is -2.21. The summed E-state index contributed by atoms with van der Waals surface area (Å²) >= 11 is 7.66. The van der Waals surface area contributed by atoms with E-state index in [2.05, 4.69) is 4.90 Å². The number of sulfonamides is 1. The van der Waals surface area contributed by atoms with Gasteiger partial charge in [0.25, 0.3) is 5.91 Å². The Bertz CT molecular complexity index is 1270. The van der Waals surface area contributed by atoms with Crippen LogP contribution in [0.1, 0.15) is 42.1 Å². The Balaban J connectivity index is 1.91. The monoisotopic (exact) mass is 536 g/mol. The first-order valence-electron chi connectivity index (χ1n) is 11.6. The van der Waals surface area contributed by atoms with Gasteiger partial charge >= 0.3 is 0 Å². The zero-order valence-electron chi connectivity index (χ0n) is 20.9. The number of hydrogen-bond acceptors (Lipinski definition) is 6. The van der Waals surface area contributed by atoms with Crippen molar-refractivity contribution < 1.29 is 13.2 Å². The Morgan fingerprint density at radius 3 is 2.34 bits per heavy atom. The van der Waals surface area contributed by atoms with Gasteiger partial charge in [0.15, 0.2) is 5.13 Å². The van der Waals surface area contributed by atoms with Gasteiger partial charge < -0.3 is 4.90 Å². The topological polar surface area (TPSA) is 73.8 Å². The fourth-order valence-electron chi connectivity index (χ4n) is 3.69. The predicted octanol–water partition coefficient (Wildman–Crippen LogP) is 5.28. The minimum absolute atomic E-state index is 0.178. The fraction of sp³-hybridized carbons (Fsp3) is 0.440. The van der Waals surface area contributed by atoms with Crippen molar-refractivity contribution in [3.8, 4) is 0 Å². The summed E-state index contributed by atoms with van der Waals surface area (Å²) in [6.45, 7) is 5.74. The number of unbranched alkanes of at least 4 members (excludes halogenated alkanes) is 1. The van der Waals surface area contributed by atoms with Gasteiger partial charge in [-0.3, -0.25) is 9.69 Å². The third-order valence-electron chi connectivity index (χ3n) is 5.74. The highest BCUT2D eigenvalue weighted by Crippen LogP contribution is 2.34. The number of nitrogens with zero attached hydrogens (tertiary/aromatic N) is 4. The third kappa shape index (κ3) is 6.59. The summed E-state index contributed by atoms with van der Waals surface area (Å²) in [7, 11) is 1.97. The standard InChI is InChI=1S/C25H33ClN4O3S2/c1-6-7-14-29(5)35(32,33)21-11-9-19(10-12-21)24(31)30(15-8-13-28(3)4)25-27-23-18(2)16-20(26)17-22(23)34-25/h9-12,16-17H,6-8,13-15H2,1-5H3. The molecule has 0 fully saturated rings. The molecule has 1 amide bonds. The van der Waals surface area contributed by atoms with Crippen LogP contribution in [0.25, 0.3) is 10.2 Å². The van der Waals surface area contributed by atoms with Crippen molar-refractivity contribution in [2.24, 2.45) is 0 Å². The van der Waals surface area contributed by atoms with Gasteiger partial charge in [-0.2, -0.15) is 0 Å². The molecule has 0 spiro atoms. The highest BCUT2D eigenvalue weighted by molar-refractivity contribution is 7.89. The van der Waals surface area contributed by atoms with E-state index in [0.717, 1.165) is 41.6 Å². The van der Waals surface area contributed by atoms with Crippen LogP contribution in [0.15, 0.2) is 41.3 Å². The summed E-state index contributed by atoms with van der Waals surface area (Å²) in [6.07, 6.45) is 2.47. The van der Waals surface area contributed by atoms with Crippen molar-refractivity contribution in [2.45, 2.75) is 38.0 Å². The van der Waals surface area contributed by atoms with E-state index in [1.54, 1.807) is 24.1 Å². The summed E-state index contributed by atoms with van der Waals surface area (Å²) < 4.78 is 28.0. The molecular weight excluding hydrogens is 504 g/mol. The zero-order valence-corrected chi connectivity index (χ0v) is 23.3. The Kier molecular flexibility index (Phi) is 9.28. The van der Waals surface area contributed by atoms with E-state index in [1.807, 2.05) is 40.1 Å². The molecule has 3 rings (SSSR count). The molecule has 0 aliphatic heterocycles. The first-order valence-corrected chi connectivity index (χ1v) is 14.3. The molecule has 1 aromatic heterocycles. The van der Waals surface area contributed by atoms with Crippen molar-refractivity contribution in [1.82, 2.24) is 14.2 Å². The maximum Gasteiger partial charge on any atom is 0.260 e. The Morgan fingerprint density at radius 1 is 1.03 bits per heavy atom. The molecule has 190 valence electrons. The molecule has 0 bridgehead atoms. The Hall–Kier alpha value is -2.04. The summed E-state index contributed by atoms with van der Waals surface area (Å²) in [6, 6.07) is 9.90. The molecule has 0 unspecified atom stereocenters. The van der Waals surface area contributed by atoms with Crippen LogP contribution in [0, 0.1) is 6.92 Å². The molecule has 35 heavy (non-hydrogen) atoms. The molecule has 0 N–H and O–H groups in total. The minimum atomic E-state index is -3.60. The van der Waals surface area contributed by atoms with E-state index in [9.17, 15) is 13.2 Å². The van der Waals surface area contributed by atoms with Gasteiger partial charge in [-0.25, -0.2) is 17.7 Å². The van der Waals surface area contributed by atoms with Crippen LogP contribution < -0.4 is 4.90 Å². The van der Waals surface area contributed by atoms with Gasteiger partial charge in [0.1, 0.15) is 0 Å². The van der Waals surface area contributed by atoms with Crippen molar-refractivity contribution in [1.29, 1.82) is 0 Å². The number of carbonyl (C=O) groups excluding carboxylic acids is 1. The molecule has 1 heterocycles. The van der Waals surface area contributed by atoms with Crippen LogP contribution in [0.4, 0.5) is 5.13 Å². The molecular formula is C25H33ClN4O3S2. The Morgan fingerprint density at radius 2 is 1.71 bits per heavy atom. The first kappa shape index (κ1) is 27.5. The van der Waals surface area contributed by atoms with Crippen molar-refractivity contribution >= 4 is 54.2 Å². The SMILES string of the molecule is CCCCN(C)S(=O)(=O)c1ccc(C(=O)N(CCCN(C)C)c2nc3c(C)cc(Cl)cc3s2)cc1. The van der Waals surface area contributed by atoms with Gasteiger partial charge in [-0.1, -0.05) is 36.3 Å². The third-order valence-corrected chi connectivity index (χ3v) is 8.85. The molecule has 7 nitrogen and oxygen atoms in total. The summed E-state index contributed by atoms with van der Waals surface area (Å²) in [5.74, 6) is -0.213. The molecule has 0 atom stereocenters. The average Bonchev–Trinajstić information content (AvgIpc) is 3.23. The van der Waals surface area contributed by atoms with Crippen LogP contribution in [0.3, 0.4) is 0 Å². The van der Waals surface area contributed by atoms with Gasteiger partial charge in [-0.05, 0) is 82.4 Å². The smallest absolute Gasteiger partial charge is 0.260 e. The van der Waals surface area contributed by atoms with Crippen LogP contribution in [-0.2, 0) is 10.0 Å². The fourth-order valence-corrected chi connectivity index (χ4v) is 6.35. The van der Waals surface area contributed by atoms with E-state index in [-0.39, 0.29) is 10.8 Å². The molecule has 0 saturated heterocycles. The summed E-state index contributed by atoms with van der Waals surface area (Å²) in [5.41, 5.74) is 2.20. The number of amides is 1. The van der Waals surface area contributed by atoms with Gasteiger partial charge in [0.2, 0.25) is 10.0 Å². The van der Waals surface area contributed by atoms with Crippen LogP contribution in [0.5, 0.6) is 0 Å². The van der Waals surface area contributed by atoms with E-state index in [0.29, 0.717) is 28.8 Å². The highest BCUT2D eigenvalue weighted by atomic mass is 35.5. The summed E-state index contributed by atoms with van der Waals surface area (Å²) in [5, 5.41) is 1.24. The van der Waals surface area contributed by atoms with Crippen molar-refractivity contribution in [3.63, 3.8) is 0 Å². The van der Waals surface area contributed by atoms with Gasteiger partial charge in [-0.15, -0.1) is 0 Å². The molecule has 0 aliphatic carbocycles. The number of rotatable bonds is 11. The van der Waals surface area contributed by atoms with E-state index in [1.165, 1.54) is 27.8 Å². The second kappa shape index (κ2) is 11.8. The Labute approximate surface area is 217 Å². The van der Waals surface area contributed by atoms with E-state index in [4.69, 9.17) is 16.6 Å². The maximum atomic E-state index is 13.6. The summed E-state index contributed by atoms with van der Waals surface area (Å²) in [4.78, 5) is 22.3. The lowest BCUT2D eigenvalue weighted by Crippen LogP contribution is -2.33. The molecule has 2 aromatic carbocycles. The quantitative estimate of drug-likeness (QED) is 0.333. The van der Waals surface area contributed by atoms with Crippen LogP contribution >= 0.6 is 22.9 Å². The van der Waals surface area contributed by atoms with E-state index < -0.39 is 10.0 Å². The zero-order chi connectivity index (χ0) is 25.8. The molecule has 10 heteroatoms. The molecule has 3 aromatic rings. The van der Waals surface area contributed by atoms with Gasteiger partial charge in [0.05, 0.1) is 15.1 Å². The number of hydrogen-bond donors (Lipinski definition) is 0. The average molecular weight is 537 g/mol. The number of aryl methyl sites for hydroxylation is 1. The van der Waals surface area contributed by atoms with Crippen molar-refractivity contribution in [3.05, 3.63) is 52.5 Å². The number of halogens is 1. The van der Waals surface area contributed by atoms with Crippen molar-refractivity contribution in [2.75, 3.05) is 45.7 Å². The number of fused-ring (bicyclic) bond motifs is 1. The number of aromatic nitrogens is 1. The second-order valence-corrected chi connectivity index (χ2v) is 12.4. The number of carbonyl (C=O) groups is 1. The van der Waals surface area contributed by atoms with Crippen LogP contribution in [0.2, 0.25) is 5.02 Å². The number of thiazole rings is 1. The van der Waals surface area contributed by atoms with Crippen LogP contribution in [-0.4, -0.2) is 69.3 Å². The number of benzene rings is 2. The lowest BCUT2D eigenvalue weighted by atomic mass is 10.2. The first-order chi connectivity index (χ1) is 16.5. The largest absolute Gasteiger partial charge is 0.309 e.